The van der Waals surface area contributed by atoms with Gasteiger partial charge in [-0.25, -0.2) is 14.4 Å². The van der Waals surface area contributed by atoms with Crippen molar-refractivity contribution in [2.75, 3.05) is 31.1 Å². The van der Waals surface area contributed by atoms with Gasteiger partial charge in [0.05, 0.1) is 11.1 Å². The molecule has 1 saturated heterocycles. The zero-order valence-corrected chi connectivity index (χ0v) is 16.1. The van der Waals surface area contributed by atoms with Crippen LogP contribution in [0.25, 0.3) is 0 Å². The van der Waals surface area contributed by atoms with E-state index in [4.69, 9.17) is 5.73 Å². The highest BCUT2D eigenvalue weighted by Crippen LogP contribution is 2.28. The second kappa shape index (κ2) is 8.38. The van der Waals surface area contributed by atoms with Crippen LogP contribution in [0.5, 0.6) is 0 Å². The van der Waals surface area contributed by atoms with E-state index in [1.807, 2.05) is 0 Å². The molecule has 30 heavy (non-hydrogen) atoms. The normalized spacial score (nSPS) is 15.9. The van der Waals surface area contributed by atoms with Gasteiger partial charge in [-0.1, -0.05) is 0 Å². The second-order valence-electron chi connectivity index (χ2n) is 7.06. The number of carbonyl (C=O) groups is 1. The number of pyridine rings is 1. The van der Waals surface area contributed by atoms with Crippen LogP contribution >= 0.6 is 0 Å². The number of hydrogen-bond donors (Lipinski definition) is 1. The zero-order valence-electron chi connectivity index (χ0n) is 16.1. The number of alkyl halides is 3. The number of hydrogen-bond acceptors (Lipinski definition) is 6. The van der Waals surface area contributed by atoms with Crippen LogP contribution < -0.4 is 16.2 Å². The third-order valence-electron chi connectivity index (χ3n) is 4.59. The fourth-order valence-corrected chi connectivity index (χ4v) is 3.09. The molecular weight excluding hydrogens is 408 g/mol. The number of amides is 1. The van der Waals surface area contributed by atoms with Crippen molar-refractivity contribution < 1.29 is 22.4 Å². The molecule has 12 heteroatoms. The van der Waals surface area contributed by atoms with E-state index < -0.39 is 35.1 Å². The molecule has 1 unspecified atom stereocenters. The molecule has 0 bridgehead atoms. The van der Waals surface area contributed by atoms with Crippen LogP contribution in [0.4, 0.5) is 23.5 Å². The van der Waals surface area contributed by atoms with Crippen LogP contribution in [0, 0.1) is 5.82 Å². The molecule has 0 aliphatic carbocycles. The Bertz CT molecular complexity index is 966. The Kier molecular flexibility index (Phi) is 6.06. The van der Waals surface area contributed by atoms with Gasteiger partial charge in [-0.05, 0) is 13.0 Å². The fourth-order valence-electron chi connectivity index (χ4n) is 3.09. The van der Waals surface area contributed by atoms with Gasteiger partial charge in [-0.3, -0.25) is 9.59 Å². The molecule has 0 aromatic carbocycles. The summed E-state index contributed by atoms with van der Waals surface area (Å²) in [6.07, 6.45) is -1.81. The van der Waals surface area contributed by atoms with Gasteiger partial charge in [-0.2, -0.15) is 13.2 Å². The van der Waals surface area contributed by atoms with Gasteiger partial charge in [0.25, 0.3) is 11.5 Å². The van der Waals surface area contributed by atoms with E-state index in [2.05, 4.69) is 9.97 Å². The van der Waals surface area contributed by atoms with Crippen molar-refractivity contribution in [1.82, 2.24) is 19.4 Å². The minimum absolute atomic E-state index is 0.0204. The average molecular weight is 428 g/mol. The number of halogens is 4. The molecule has 2 aromatic rings. The van der Waals surface area contributed by atoms with E-state index >= 15 is 0 Å². The first-order valence-corrected chi connectivity index (χ1v) is 9.15. The lowest BCUT2D eigenvalue weighted by atomic mass is 10.2. The lowest BCUT2D eigenvalue weighted by molar-refractivity contribution is -0.138. The number of piperazine rings is 1. The highest BCUT2D eigenvalue weighted by Gasteiger charge is 2.32. The second-order valence-corrected chi connectivity index (χ2v) is 7.06. The van der Waals surface area contributed by atoms with Crippen LogP contribution in [0.15, 0.2) is 29.5 Å². The molecule has 2 aromatic heterocycles. The maximum atomic E-state index is 14.0. The first-order chi connectivity index (χ1) is 14.1. The predicted molar refractivity (Wildman–Crippen MR) is 99.5 cm³/mol. The first kappa shape index (κ1) is 21.7. The minimum atomic E-state index is -4.52. The van der Waals surface area contributed by atoms with Crippen molar-refractivity contribution >= 4 is 11.9 Å². The maximum absolute atomic E-state index is 14.0. The minimum Gasteiger partial charge on any atom is -0.337 e. The van der Waals surface area contributed by atoms with Crippen molar-refractivity contribution in [1.29, 1.82) is 0 Å². The Hall–Kier alpha value is -3.02. The first-order valence-electron chi connectivity index (χ1n) is 9.15. The van der Waals surface area contributed by atoms with Gasteiger partial charge in [0.15, 0.2) is 5.82 Å². The third-order valence-corrected chi connectivity index (χ3v) is 4.59. The number of aromatic nitrogens is 3. The van der Waals surface area contributed by atoms with Gasteiger partial charge in [0, 0.05) is 57.4 Å². The zero-order chi connectivity index (χ0) is 22.1. The summed E-state index contributed by atoms with van der Waals surface area (Å²) in [7, 11) is 0. The van der Waals surface area contributed by atoms with Crippen LogP contribution in [0.3, 0.4) is 0 Å². The van der Waals surface area contributed by atoms with E-state index in [9.17, 15) is 27.2 Å². The molecule has 0 spiro atoms. The van der Waals surface area contributed by atoms with Crippen molar-refractivity contribution in [3.8, 4) is 0 Å². The Morgan fingerprint density at radius 3 is 2.33 bits per heavy atom. The molecule has 0 radical (unpaired) electrons. The van der Waals surface area contributed by atoms with Crippen molar-refractivity contribution in [3.05, 3.63) is 52.0 Å². The van der Waals surface area contributed by atoms with E-state index in [0.29, 0.717) is 25.5 Å². The van der Waals surface area contributed by atoms with Crippen molar-refractivity contribution in [2.24, 2.45) is 5.73 Å². The molecule has 2 N–H and O–H groups in total. The number of carbonyl (C=O) groups excluding carboxylic acids is 1. The summed E-state index contributed by atoms with van der Waals surface area (Å²) in [5, 5.41) is 0. The SMILES string of the molecule is CC(N)Cn1cc(C(=O)N2CCN(c3ncc(C(F)(F)F)cn3)CC2)cc(F)c1=O. The van der Waals surface area contributed by atoms with Crippen molar-refractivity contribution in [3.63, 3.8) is 0 Å². The summed E-state index contributed by atoms with van der Waals surface area (Å²) < 4.78 is 52.9. The highest BCUT2D eigenvalue weighted by atomic mass is 19.4. The number of anilines is 1. The molecule has 1 aliphatic rings. The molecule has 1 aliphatic heterocycles. The van der Waals surface area contributed by atoms with Gasteiger partial charge in [-0.15, -0.1) is 0 Å². The molecule has 8 nitrogen and oxygen atoms in total. The van der Waals surface area contributed by atoms with Crippen molar-refractivity contribution in [2.45, 2.75) is 25.7 Å². The molecule has 1 atom stereocenters. The number of nitrogens with zero attached hydrogens (tertiary/aromatic N) is 5. The van der Waals surface area contributed by atoms with E-state index in [0.717, 1.165) is 10.6 Å². The molecule has 1 amide bonds. The van der Waals surface area contributed by atoms with Gasteiger partial charge >= 0.3 is 6.18 Å². The van der Waals surface area contributed by atoms with Gasteiger partial charge in [0.2, 0.25) is 5.95 Å². The number of nitrogens with two attached hydrogens (primary N) is 1. The summed E-state index contributed by atoms with van der Waals surface area (Å²) in [5.41, 5.74) is 3.88. The summed E-state index contributed by atoms with van der Waals surface area (Å²) in [6.45, 7) is 2.77. The molecule has 3 heterocycles. The average Bonchev–Trinajstić information content (AvgIpc) is 2.70. The largest absolute Gasteiger partial charge is 0.419 e. The summed E-state index contributed by atoms with van der Waals surface area (Å²) in [4.78, 5) is 35.2. The Balaban J connectivity index is 1.68. The molecule has 162 valence electrons. The predicted octanol–water partition coefficient (Wildman–Crippen LogP) is 1.11. The summed E-state index contributed by atoms with van der Waals surface area (Å²) in [6, 6.07) is 0.493. The Morgan fingerprint density at radius 2 is 1.80 bits per heavy atom. The molecule has 0 saturated carbocycles. The monoisotopic (exact) mass is 428 g/mol. The molecule has 3 rings (SSSR count). The topological polar surface area (TPSA) is 97.3 Å². The van der Waals surface area contributed by atoms with Crippen LogP contribution in [-0.4, -0.2) is 57.6 Å². The summed E-state index contributed by atoms with van der Waals surface area (Å²) >= 11 is 0. The smallest absolute Gasteiger partial charge is 0.337 e. The van der Waals surface area contributed by atoms with Gasteiger partial charge < -0.3 is 20.1 Å². The van der Waals surface area contributed by atoms with E-state index in [1.165, 1.54) is 11.1 Å². The summed E-state index contributed by atoms with van der Waals surface area (Å²) in [5.74, 6) is -1.37. The lowest BCUT2D eigenvalue weighted by Gasteiger charge is -2.34. The standard InChI is InChI=1S/C18H20F4N6O2/c1-11(23)9-28-10-12(6-14(19)16(28)30)15(29)26-2-4-27(5-3-26)17-24-7-13(8-25-17)18(20,21)22/h6-8,10-11H,2-5,9,23H2,1H3. The quantitative estimate of drug-likeness (QED) is 0.733. The van der Waals surface area contributed by atoms with Crippen LogP contribution in [-0.2, 0) is 12.7 Å². The van der Waals surface area contributed by atoms with E-state index in [1.54, 1.807) is 11.8 Å². The van der Waals surface area contributed by atoms with Crippen LogP contribution in [0.1, 0.15) is 22.8 Å². The van der Waals surface area contributed by atoms with Crippen LogP contribution in [0.2, 0.25) is 0 Å². The lowest BCUT2D eigenvalue weighted by Crippen LogP contribution is -2.49. The molecule has 1 fully saturated rings. The van der Waals surface area contributed by atoms with E-state index in [-0.39, 0.29) is 31.1 Å². The van der Waals surface area contributed by atoms with Gasteiger partial charge in [0.1, 0.15) is 0 Å². The fraction of sp³-hybridized carbons (Fsp3) is 0.444. The molecular formula is C18H20F4N6O2. The number of rotatable bonds is 4. The highest BCUT2D eigenvalue weighted by molar-refractivity contribution is 5.94. The Morgan fingerprint density at radius 1 is 1.20 bits per heavy atom. The Labute approximate surface area is 168 Å². The third kappa shape index (κ3) is 4.75. The maximum Gasteiger partial charge on any atom is 0.419 e.